The molecule has 0 radical (unpaired) electrons. The van der Waals surface area contributed by atoms with Gasteiger partial charge in [0.15, 0.2) is 4.96 Å². The molecule has 1 aromatic carbocycles. The molecule has 4 nitrogen and oxygen atoms in total. The van der Waals surface area contributed by atoms with E-state index in [0.717, 1.165) is 26.8 Å². The molecular formula is C14H14N2O2S. The Labute approximate surface area is 114 Å². The minimum atomic E-state index is 0.131. The summed E-state index contributed by atoms with van der Waals surface area (Å²) in [4.78, 5) is 6.38. The first-order chi connectivity index (χ1) is 9.35. The van der Waals surface area contributed by atoms with E-state index < -0.39 is 0 Å². The average Bonchev–Trinajstić information content (AvgIpc) is 2.99. The average molecular weight is 274 g/mol. The first-order valence-electron chi connectivity index (χ1n) is 6.04. The van der Waals surface area contributed by atoms with Crippen LogP contribution >= 0.6 is 11.3 Å². The molecule has 5 heteroatoms. The summed E-state index contributed by atoms with van der Waals surface area (Å²) >= 11 is 1.61. The fraction of sp³-hybridized carbons (Fsp3) is 0.214. The molecule has 2 aromatic heterocycles. The lowest BCUT2D eigenvalue weighted by Crippen LogP contribution is -1.95. The molecule has 1 N–H and O–H groups in total. The number of nitrogens with zero attached hydrogens (tertiary/aromatic N) is 2. The predicted octanol–water partition coefficient (Wildman–Crippen LogP) is 2.61. The standard InChI is InChI=1S/C14H14N2O2S/c1-18-11-5-3-2-4-10(11)13-12(6-9-17)19-14-15-7-8-16(13)14/h2-5,7-8,17H,6,9H2,1H3. The van der Waals surface area contributed by atoms with E-state index in [2.05, 4.69) is 4.98 Å². The van der Waals surface area contributed by atoms with E-state index in [-0.39, 0.29) is 6.61 Å². The Bertz CT molecular complexity index is 702. The molecular weight excluding hydrogens is 260 g/mol. The number of aromatic nitrogens is 2. The molecule has 0 aliphatic heterocycles. The van der Waals surface area contributed by atoms with Crippen LogP contribution in [0.15, 0.2) is 36.7 Å². The number of hydrogen-bond donors (Lipinski definition) is 1. The summed E-state index contributed by atoms with van der Waals surface area (Å²) in [6.45, 7) is 0.131. The maximum Gasteiger partial charge on any atom is 0.194 e. The van der Waals surface area contributed by atoms with Gasteiger partial charge in [-0.15, -0.1) is 11.3 Å². The monoisotopic (exact) mass is 274 g/mol. The Kier molecular flexibility index (Phi) is 3.23. The summed E-state index contributed by atoms with van der Waals surface area (Å²) in [5.41, 5.74) is 2.08. The lowest BCUT2D eigenvalue weighted by molar-refractivity contribution is 0.300. The smallest absolute Gasteiger partial charge is 0.194 e. The maximum absolute atomic E-state index is 9.23. The molecule has 0 aliphatic rings. The van der Waals surface area contributed by atoms with Crippen LogP contribution in [-0.4, -0.2) is 28.2 Å². The van der Waals surface area contributed by atoms with Gasteiger partial charge in [0.1, 0.15) is 5.75 Å². The van der Waals surface area contributed by atoms with Crippen LogP contribution in [-0.2, 0) is 6.42 Å². The highest BCUT2D eigenvalue weighted by Gasteiger charge is 2.17. The number of aliphatic hydroxyl groups is 1. The van der Waals surface area contributed by atoms with Crippen molar-refractivity contribution < 1.29 is 9.84 Å². The van der Waals surface area contributed by atoms with Crippen molar-refractivity contribution in [3.8, 4) is 17.0 Å². The number of methoxy groups -OCH3 is 1. The minimum absolute atomic E-state index is 0.131. The molecule has 0 saturated heterocycles. The SMILES string of the molecule is COc1ccccc1-c1c(CCO)sc2nccn12. The maximum atomic E-state index is 9.23. The van der Waals surface area contributed by atoms with Crippen LogP contribution in [0, 0.1) is 0 Å². The van der Waals surface area contributed by atoms with Crippen LogP contribution in [0.4, 0.5) is 0 Å². The number of benzene rings is 1. The lowest BCUT2D eigenvalue weighted by Gasteiger charge is -2.09. The fourth-order valence-corrected chi connectivity index (χ4v) is 3.30. The van der Waals surface area contributed by atoms with E-state index in [4.69, 9.17) is 4.74 Å². The van der Waals surface area contributed by atoms with Crippen molar-refractivity contribution in [1.29, 1.82) is 0 Å². The quantitative estimate of drug-likeness (QED) is 0.795. The van der Waals surface area contributed by atoms with Gasteiger partial charge < -0.3 is 9.84 Å². The first kappa shape index (κ1) is 12.2. The van der Waals surface area contributed by atoms with E-state index >= 15 is 0 Å². The summed E-state index contributed by atoms with van der Waals surface area (Å²) in [7, 11) is 1.67. The number of imidazole rings is 1. The number of rotatable bonds is 4. The predicted molar refractivity (Wildman–Crippen MR) is 75.8 cm³/mol. The fourth-order valence-electron chi connectivity index (χ4n) is 2.22. The molecule has 0 unspecified atom stereocenters. The number of thiazole rings is 1. The molecule has 98 valence electrons. The van der Waals surface area contributed by atoms with Gasteiger partial charge in [-0.05, 0) is 12.1 Å². The van der Waals surface area contributed by atoms with Crippen LogP contribution in [0.1, 0.15) is 4.88 Å². The summed E-state index contributed by atoms with van der Waals surface area (Å²) < 4.78 is 7.49. The molecule has 0 spiro atoms. The largest absolute Gasteiger partial charge is 0.496 e. The summed E-state index contributed by atoms with van der Waals surface area (Å²) in [6, 6.07) is 7.91. The van der Waals surface area contributed by atoms with Gasteiger partial charge in [-0.1, -0.05) is 12.1 Å². The van der Waals surface area contributed by atoms with Gasteiger partial charge in [0.2, 0.25) is 0 Å². The first-order valence-corrected chi connectivity index (χ1v) is 6.85. The van der Waals surface area contributed by atoms with Crippen molar-refractivity contribution in [2.75, 3.05) is 13.7 Å². The van der Waals surface area contributed by atoms with Crippen molar-refractivity contribution in [3.05, 3.63) is 41.5 Å². The van der Waals surface area contributed by atoms with E-state index in [1.165, 1.54) is 0 Å². The zero-order chi connectivity index (χ0) is 13.2. The third-order valence-corrected chi connectivity index (χ3v) is 4.16. The zero-order valence-corrected chi connectivity index (χ0v) is 11.4. The molecule has 0 aliphatic carbocycles. The second kappa shape index (κ2) is 5.03. The Hall–Kier alpha value is -1.85. The number of ether oxygens (including phenoxy) is 1. The van der Waals surface area contributed by atoms with Gasteiger partial charge in [0.05, 0.1) is 12.8 Å². The molecule has 0 saturated carbocycles. The van der Waals surface area contributed by atoms with Crippen molar-refractivity contribution in [3.63, 3.8) is 0 Å². The van der Waals surface area contributed by atoms with Crippen molar-refractivity contribution in [1.82, 2.24) is 9.38 Å². The Morgan fingerprint density at radius 1 is 1.37 bits per heavy atom. The highest BCUT2D eigenvalue weighted by Crippen LogP contribution is 2.36. The van der Waals surface area contributed by atoms with Gasteiger partial charge in [0.25, 0.3) is 0 Å². The van der Waals surface area contributed by atoms with Crippen LogP contribution < -0.4 is 4.74 Å². The Morgan fingerprint density at radius 3 is 3.00 bits per heavy atom. The van der Waals surface area contributed by atoms with Crippen LogP contribution in [0.3, 0.4) is 0 Å². The number of hydrogen-bond acceptors (Lipinski definition) is 4. The van der Waals surface area contributed by atoms with E-state index in [9.17, 15) is 5.11 Å². The molecule has 3 rings (SSSR count). The zero-order valence-electron chi connectivity index (χ0n) is 10.5. The van der Waals surface area contributed by atoms with Crippen LogP contribution in [0.2, 0.25) is 0 Å². The lowest BCUT2D eigenvalue weighted by atomic mass is 10.1. The normalized spacial score (nSPS) is 11.1. The molecule has 0 atom stereocenters. The summed E-state index contributed by atoms with van der Waals surface area (Å²) in [5.74, 6) is 0.829. The highest BCUT2D eigenvalue weighted by molar-refractivity contribution is 7.17. The molecule has 3 aromatic rings. The Balaban J connectivity index is 2.27. The van der Waals surface area contributed by atoms with Crippen LogP contribution in [0.25, 0.3) is 16.2 Å². The number of para-hydroxylation sites is 1. The molecule has 0 amide bonds. The topological polar surface area (TPSA) is 46.8 Å². The van der Waals surface area contributed by atoms with Gasteiger partial charge in [-0.3, -0.25) is 4.40 Å². The molecule has 0 fully saturated rings. The summed E-state index contributed by atoms with van der Waals surface area (Å²) in [5, 5.41) is 9.23. The van der Waals surface area contributed by atoms with Gasteiger partial charge in [-0.2, -0.15) is 0 Å². The van der Waals surface area contributed by atoms with Crippen molar-refractivity contribution in [2.45, 2.75) is 6.42 Å². The second-order valence-electron chi connectivity index (χ2n) is 4.13. The highest BCUT2D eigenvalue weighted by atomic mass is 32.1. The minimum Gasteiger partial charge on any atom is -0.496 e. The van der Waals surface area contributed by atoms with Crippen LogP contribution in [0.5, 0.6) is 5.75 Å². The van der Waals surface area contributed by atoms with Gasteiger partial charge in [0, 0.05) is 35.9 Å². The Morgan fingerprint density at radius 2 is 2.21 bits per heavy atom. The summed E-state index contributed by atoms with van der Waals surface area (Å²) in [6.07, 6.45) is 4.35. The van der Waals surface area contributed by atoms with Crippen molar-refractivity contribution >= 4 is 16.3 Å². The van der Waals surface area contributed by atoms with E-state index in [0.29, 0.717) is 6.42 Å². The van der Waals surface area contributed by atoms with E-state index in [1.54, 1.807) is 24.6 Å². The van der Waals surface area contributed by atoms with Gasteiger partial charge in [-0.25, -0.2) is 4.98 Å². The van der Waals surface area contributed by atoms with Gasteiger partial charge >= 0.3 is 0 Å². The molecule has 19 heavy (non-hydrogen) atoms. The molecule has 0 bridgehead atoms. The third-order valence-electron chi connectivity index (χ3n) is 3.03. The second-order valence-corrected chi connectivity index (χ2v) is 5.19. The molecule has 2 heterocycles. The van der Waals surface area contributed by atoms with E-state index in [1.807, 2.05) is 34.9 Å². The van der Waals surface area contributed by atoms with Crippen molar-refractivity contribution in [2.24, 2.45) is 0 Å². The number of fused-ring (bicyclic) bond motifs is 1. The third kappa shape index (κ3) is 2.01. The number of aliphatic hydroxyl groups excluding tert-OH is 1.